The first-order chi connectivity index (χ1) is 14.0. The van der Waals surface area contributed by atoms with Gasteiger partial charge in [-0.25, -0.2) is 4.39 Å². The maximum absolute atomic E-state index is 13.2. The van der Waals surface area contributed by atoms with Gasteiger partial charge in [-0.05, 0) is 61.2 Å². The fourth-order valence-corrected chi connectivity index (χ4v) is 2.98. The lowest BCUT2D eigenvalue weighted by molar-refractivity contribution is 0.288. The molecule has 0 fully saturated rings. The SMILES string of the molecule is CCOc1c(OC)cc(CNC(=NC)NCCc2ccc(F)cc2C)cc1OC. The number of hydrogen-bond acceptors (Lipinski definition) is 4. The van der Waals surface area contributed by atoms with E-state index in [4.69, 9.17) is 14.2 Å². The summed E-state index contributed by atoms with van der Waals surface area (Å²) >= 11 is 0. The van der Waals surface area contributed by atoms with Gasteiger partial charge in [-0.15, -0.1) is 0 Å². The van der Waals surface area contributed by atoms with Crippen molar-refractivity contribution in [1.82, 2.24) is 10.6 Å². The summed E-state index contributed by atoms with van der Waals surface area (Å²) in [7, 11) is 4.93. The Morgan fingerprint density at radius 3 is 2.31 bits per heavy atom. The second-order valence-electron chi connectivity index (χ2n) is 6.44. The van der Waals surface area contributed by atoms with Crippen LogP contribution in [0.2, 0.25) is 0 Å². The van der Waals surface area contributed by atoms with E-state index in [1.165, 1.54) is 6.07 Å². The second kappa shape index (κ2) is 11.1. The quantitative estimate of drug-likeness (QED) is 0.496. The van der Waals surface area contributed by atoms with Gasteiger partial charge >= 0.3 is 0 Å². The number of benzene rings is 2. The number of aryl methyl sites for hydroxylation is 1. The highest BCUT2D eigenvalue weighted by molar-refractivity contribution is 5.79. The normalized spacial score (nSPS) is 11.2. The molecule has 2 aromatic carbocycles. The average molecular weight is 403 g/mol. The topological polar surface area (TPSA) is 64.1 Å². The predicted octanol–water partition coefficient (Wildman–Crippen LogP) is 3.46. The van der Waals surface area contributed by atoms with Crippen LogP contribution in [0.1, 0.15) is 23.6 Å². The number of nitrogens with one attached hydrogen (secondary N) is 2. The van der Waals surface area contributed by atoms with Crippen LogP contribution in [0, 0.1) is 12.7 Å². The molecule has 0 saturated carbocycles. The van der Waals surface area contributed by atoms with Crippen molar-refractivity contribution in [3.05, 3.63) is 52.8 Å². The molecule has 2 N–H and O–H groups in total. The molecule has 158 valence electrons. The number of hydrogen-bond donors (Lipinski definition) is 2. The Kier molecular flexibility index (Phi) is 8.58. The van der Waals surface area contributed by atoms with E-state index in [9.17, 15) is 4.39 Å². The molecule has 29 heavy (non-hydrogen) atoms. The molecule has 0 radical (unpaired) electrons. The Bertz CT molecular complexity index is 815. The molecule has 0 aliphatic heterocycles. The van der Waals surface area contributed by atoms with Crippen LogP contribution in [0.3, 0.4) is 0 Å². The lowest BCUT2D eigenvalue weighted by Crippen LogP contribution is -2.37. The maximum atomic E-state index is 13.2. The van der Waals surface area contributed by atoms with E-state index >= 15 is 0 Å². The lowest BCUT2D eigenvalue weighted by Gasteiger charge is -2.17. The van der Waals surface area contributed by atoms with Crippen LogP contribution in [0.15, 0.2) is 35.3 Å². The van der Waals surface area contributed by atoms with Crippen molar-refractivity contribution in [2.45, 2.75) is 26.8 Å². The van der Waals surface area contributed by atoms with E-state index in [0.717, 1.165) is 23.1 Å². The molecule has 0 saturated heterocycles. The molecule has 0 aliphatic carbocycles. The summed E-state index contributed by atoms with van der Waals surface area (Å²) in [4.78, 5) is 4.25. The van der Waals surface area contributed by atoms with Crippen molar-refractivity contribution in [2.75, 3.05) is 34.4 Å². The molecule has 2 rings (SSSR count). The molecule has 0 heterocycles. The molecule has 0 amide bonds. The van der Waals surface area contributed by atoms with Gasteiger partial charge < -0.3 is 24.8 Å². The minimum atomic E-state index is -0.210. The molecule has 7 heteroatoms. The van der Waals surface area contributed by atoms with Crippen LogP contribution in [0.25, 0.3) is 0 Å². The molecule has 0 aromatic heterocycles. The van der Waals surface area contributed by atoms with Crippen LogP contribution in [0.4, 0.5) is 4.39 Å². The van der Waals surface area contributed by atoms with Crippen molar-refractivity contribution in [2.24, 2.45) is 4.99 Å². The molecular weight excluding hydrogens is 373 g/mol. The molecular formula is C22H30FN3O3. The molecule has 6 nitrogen and oxygen atoms in total. The maximum Gasteiger partial charge on any atom is 0.203 e. The number of aliphatic imine (C=N–C) groups is 1. The van der Waals surface area contributed by atoms with Crippen molar-refractivity contribution in [3.63, 3.8) is 0 Å². The standard InChI is InChI=1S/C22H30FN3O3/c1-6-29-21-19(27-4)12-16(13-20(21)28-5)14-26-22(24-3)25-10-9-17-7-8-18(23)11-15(17)2/h7-8,11-13H,6,9-10,14H2,1-5H3,(H2,24,25,26). The van der Waals surface area contributed by atoms with Crippen molar-refractivity contribution in [1.29, 1.82) is 0 Å². The number of ether oxygens (including phenoxy) is 3. The highest BCUT2D eigenvalue weighted by atomic mass is 19.1. The van der Waals surface area contributed by atoms with E-state index in [1.807, 2.05) is 32.0 Å². The minimum Gasteiger partial charge on any atom is -0.493 e. The molecule has 0 unspecified atom stereocenters. The molecule has 0 bridgehead atoms. The van der Waals surface area contributed by atoms with Crippen LogP contribution >= 0.6 is 0 Å². The van der Waals surface area contributed by atoms with Gasteiger partial charge in [0.15, 0.2) is 17.5 Å². The summed E-state index contributed by atoms with van der Waals surface area (Å²) in [6.45, 7) is 5.57. The third-order valence-corrected chi connectivity index (χ3v) is 4.48. The van der Waals surface area contributed by atoms with Crippen molar-refractivity contribution < 1.29 is 18.6 Å². The number of nitrogens with zero attached hydrogens (tertiary/aromatic N) is 1. The van der Waals surface area contributed by atoms with Gasteiger partial charge in [0.2, 0.25) is 5.75 Å². The lowest BCUT2D eigenvalue weighted by atomic mass is 10.1. The summed E-state index contributed by atoms with van der Waals surface area (Å²) in [6, 6.07) is 8.68. The van der Waals surface area contributed by atoms with Gasteiger partial charge in [0.1, 0.15) is 5.82 Å². The largest absolute Gasteiger partial charge is 0.493 e. The highest BCUT2D eigenvalue weighted by Crippen LogP contribution is 2.38. The molecule has 0 aliphatic rings. The van der Waals surface area contributed by atoms with E-state index < -0.39 is 0 Å². The molecule has 0 spiro atoms. The zero-order valence-corrected chi connectivity index (χ0v) is 17.8. The monoisotopic (exact) mass is 403 g/mol. The van der Waals surface area contributed by atoms with Gasteiger partial charge in [-0.1, -0.05) is 6.07 Å². The summed E-state index contributed by atoms with van der Waals surface area (Å²) < 4.78 is 29.7. The Morgan fingerprint density at radius 1 is 1.07 bits per heavy atom. The highest BCUT2D eigenvalue weighted by Gasteiger charge is 2.14. The smallest absolute Gasteiger partial charge is 0.203 e. The van der Waals surface area contributed by atoms with Gasteiger partial charge in [0.25, 0.3) is 0 Å². The summed E-state index contributed by atoms with van der Waals surface area (Å²) in [6.07, 6.45) is 0.775. The average Bonchev–Trinajstić information content (AvgIpc) is 2.72. The zero-order chi connectivity index (χ0) is 21.2. The van der Waals surface area contributed by atoms with Crippen LogP contribution < -0.4 is 24.8 Å². The number of methoxy groups -OCH3 is 2. The van der Waals surface area contributed by atoms with E-state index in [1.54, 1.807) is 27.3 Å². The first-order valence-electron chi connectivity index (χ1n) is 9.59. The Balaban J connectivity index is 1.96. The Labute approximate surface area is 172 Å². The van der Waals surface area contributed by atoms with E-state index in [0.29, 0.717) is 42.9 Å². The number of guanidine groups is 1. The van der Waals surface area contributed by atoms with Crippen molar-refractivity contribution in [3.8, 4) is 17.2 Å². The fraction of sp³-hybridized carbons (Fsp3) is 0.409. The second-order valence-corrected chi connectivity index (χ2v) is 6.44. The van der Waals surface area contributed by atoms with Gasteiger partial charge in [0.05, 0.1) is 20.8 Å². The van der Waals surface area contributed by atoms with Crippen LogP contribution in [0.5, 0.6) is 17.2 Å². The molecule has 2 aromatic rings. The Hall–Kier alpha value is -2.96. The number of halogens is 1. The molecule has 0 atom stereocenters. The van der Waals surface area contributed by atoms with Gasteiger partial charge in [-0.3, -0.25) is 4.99 Å². The Morgan fingerprint density at radius 2 is 1.76 bits per heavy atom. The van der Waals surface area contributed by atoms with Crippen molar-refractivity contribution >= 4 is 5.96 Å². The number of rotatable bonds is 9. The zero-order valence-electron chi connectivity index (χ0n) is 17.8. The van der Waals surface area contributed by atoms with Gasteiger partial charge in [0, 0.05) is 20.1 Å². The summed E-state index contributed by atoms with van der Waals surface area (Å²) in [5.74, 6) is 2.31. The van der Waals surface area contributed by atoms with E-state index in [-0.39, 0.29) is 5.82 Å². The van der Waals surface area contributed by atoms with E-state index in [2.05, 4.69) is 15.6 Å². The first-order valence-corrected chi connectivity index (χ1v) is 9.59. The van der Waals surface area contributed by atoms with Crippen LogP contribution in [-0.2, 0) is 13.0 Å². The minimum absolute atomic E-state index is 0.210. The third kappa shape index (κ3) is 6.27. The summed E-state index contributed by atoms with van der Waals surface area (Å²) in [5, 5.41) is 6.55. The third-order valence-electron chi connectivity index (χ3n) is 4.48. The van der Waals surface area contributed by atoms with Gasteiger partial charge in [-0.2, -0.15) is 0 Å². The predicted molar refractivity (Wildman–Crippen MR) is 114 cm³/mol. The summed E-state index contributed by atoms with van der Waals surface area (Å²) in [5.41, 5.74) is 3.03. The first kappa shape index (κ1) is 22.3. The van der Waals surface area contributed by atoms with Crippen LogP contribution in [-0.4, -0.2) is 40.4 Å². The fourth-order valence-electron chi connectivity index (χ4n) is 2.98.